The molecule has 0 atom stereocenters. The van der Waals surface area contributed by atoms with Crippen LogP contribution in [0.5, 0.6) is 11.5 Å². The number of hydrogen-bond donors (Lipinski definition) is 0. The van der Waals surface area contributed by atoms with Gasteiger partial charge in [-0.3, -0.25) is 4.79 Å². The molecule has 1 amide bonds. The average molecular weight is 360 g/mol. The Morgan fingerprint density at radius 2 is 1.92 bits per heavy atom. The molecule has 2 aromatic carbocycles. The zero-order valence-electron chi connectivity index (χ0n) is 14.3. The van der Waals surface area contributed by atoms with Gasteiger partial charge in [0.2, 0.25) is 0 Å². The lowest BCUT2D eigenvalue weighted by atomic mass is 10.1. The summed E-state index contributed by atoms with van der Waals surface area (Å²) in [4.78, 5) is 14.5. The molecule has 1 heterocycles. The monoisotopic (exact) mass is 359 g/mol. The summed E-state index contributed by atoms with van der Waals surface area (Å²) < 4.78 is 11.5. The summed E-state index contributed by atoms with van der Waals surface area (Å²) in [5.41, 5.74) is 1.53. The third-order valence-corrected chi connectivity index (χ3v) is 4.43. The Hall–Kier alpha value is -2.20. The molecule has 25 heavy (non-hydrogen) atoms. The van der Waals surface area contributed by atoms with E-state index >= 15 is 0 Å². The molecule has 0 saturated carbocycles. The first kappa shape index (κ1) is 17.6. The SMILES string of the molecule is CCOc1ccc(C(=O)N2CCCC2)cc1COc1cccc(Cl)c1. The second kappa shape index (κ2) is 8.26. The summed E-state index contributed by atoms with van der Waals surface area (Å²) in [6, 6.07) is 12.8. The standard InChI is InChI=1S/C20H22ClNO3/c1-2-24-19-9-8-15(20(23)22-10-3-4-11-22)12-16(19)14-25-18-7-5-6-17(21)13-18/h5-9,12-13H,2-4,10-11,14H2,1H3. The van der Waals surface area contributed by atoms with Gasteiger partial charge in [-0.2, -0.15) is 0 Å². The maximum absolute atomic E-state index is 12.6. The highest BCUT2D eigenvalue weighted by Crippen LogP contribution is 2.25. The van der Waals surface area contributed by atoms with E-state index in [0.717, 1.165) is 37.2 Å². The van der Waals surface area contributed by atoms with E-state index in [1.807, 2.05) is 42.2 Å². The summed E-state index contributed by atoms with van der Waals surface area (Å²) >= 11 is 5.99. The minimum atomic E-state index is 0.0737. The van der Waals surface area contributed by atoms with Crippen molar-refractivity contribution in [2.75, 3.05) is 19.7 Å². The van der Waals surface area contributed by atoms with Crippen molar-refractivity contribution in [3.63, 3.8) is 0 Å². The lowest BCUT2D eigenvalue weighted by molar-refractivity contribution is 0.0792. The second-order valence-electron chi connectivity index (χ2n) is 6.00. The first-order chi connectivity index (χ1) is 12.2. The van der Waals surface area contributed by atoms with Crippen molar-refractivity contribution in [3.8, 4) is 11.5 Å². The minimum absolute atomic E-state index is 0.0737. The summed E-state index contributed by atoms with van der Waals surface area (Å²) in [6.07, 6.45) is 2.15. The van der Waals surface area contributed by atoms with E-state index in [9.17, 15) is 4.79 Å². The number of ether oxygens (including phenoxy) is 2. The number of rotatable bonds is 6. The molecule has 0 N–H and O–H groups in total. The number of hydrogen-bond acceptors (Lipinski definition) is 3. The largest absolute Gasteiger partial charge is 0.493 e. The summed E-state index contributed by atoms with van der Waals surface area (Å²) in [5.74, 6) is 1.50. The third-order valence-electron chi connectivity index (χ3n) is 4.19. The molecule has 1 aliphatic heterocycles. The number of carbonyl (C=O) groups excluding carboxylic acids is 1. The molecular weight excluding hydrogens is 338 g/mol. The summed E-state index contributed by atoms with van der Waals surface area (Å²) in [6.45, 7) is 4.48. The van der Waals surface area contributed by atoms with Crippen LogP contribution < -0.4 is 9.47 Å². The van der Waals surface area contributed by atoms with Crippen LogP contribution in [0.25, 0.3) is 0 Å². The molecule has 2 aromatic rings. The quantitative estimate of drug-likeness (QED) is 0.759. The molecule has 1 fully saturated rings. The molecule has 1 saturated heterocycles. The number of amides is 1. The van der Waals surface area contributed by atoms with Crippen molar-refractivity contribution >= 4 is 17.5 Å². The van der Waals surface area contributed by atoms with Crippen LogP contribution in [0.2, 0.25) is 5.02 Å². The van der Waals surface area contributed by atoms with Gasteiger partial charge in [0.25, 0.3) is 5.91 Å². The molecule has 4 nitrogen and oxygen atoms in total. The molecule has 5 heteroatoms. The van der Waals surface area contributed by atoms with Gasteiger partial charge in [0.05, 0.1) is 6.61 Å². The topological polar surface area (TPSA) is 38.8 Å². The third kappa shape index (κ3) is 4.45. The van der Waals surface area contributed by atoms with Crippen LogP contribution in [0.15, 0.2) is 42.5 Å². The average Bonchev–Trinajstić information content (AvgIpc) is 3.15. The second-order valence-corrected chi connectivity index (χ2v) is 6.44. The van der Waals surface area contributed by atoms with Crippen LogP contribution in [0.4, 0.5) is 0 Å². The van der Waals surface area contributed by atoms with Crippen molar-refractivity contribution in [2.45, 2.75) is 26.4 Å². The van der Waals surface area contributed by atoms with Crippen molar-refractivity contribution in [2.24, 2.45) is 0 Å². The maximum Gasteiger partial charge on any atom is 0.253 e. The highest BCUT2D eigenvalue weighted by atomic mass is 35.5. The van der Waals surface area contributed by atoms with Gasteiger partial charge in [-0.05, 0) is 56.2 Å². The smallest absolute Gasteiger partial charge is 0.253 e. The van der Waals surface area contributed by atoms with Gasteiger partial charge >= 0.3 is 0 Å². The normalized spacial score (nSPS) is 13.8. The Morgan fingerprint density at radius 3 is 2.64 bits per heavy atom. The number of benzene rings is 2. The molecule has 0 spiro atoms. The molecule has 0 aromatic heterocycles. The van der Waals surface area contributed by atoms with Gasteiger partial charge in [-0.1, -0.05) is 17.7 Å². The Kier molecular flexibility index (Phi) is 5.82. The predicted molar refractivity (Wildman–Crippen MR) is 98.5 cm³/mol. The van der Waals surface area contributed by atoms with Gasteiger partial charge in [0, 0.05) is 29.2 Å². The molecule has 3 rings (SSSR count). The van der Waals surface area contributed by atoms with Gasteiger partial charge in [-0.15, -0.1) is 0 Å². The minimum Gasteiger partial charge on any atom is -0.493 e. The highest BCUT2D eigenvalue weighted by molar-refractivity contribution is 6.30. The van der Waals surface area contributed by atoms with Crippen molar-refractivity contribution < 1.29 is 14.3 Å². The zero-order valence-corrected chi connectivity index (χ0v) is 15.1. The maximum atomic E-state index is 12.6. The number of nitrogens with zero attached hydrogens (tertiary/aromatic N) is 1. The van der Waals surface area contributed by atoms with Gasteiger partial charge < -0.3 is 14.4 Å². The number of halogens is 1. The van der Waals surface area contributed by atoms with Crippen LogP contribution in [-0.2, 0) is 6.61 Å². The molecule has 132 valence electrons. The van der Waals surface area contributed by atoms with E-state index in [1.54, 1.807) is 12.1 Å². The van der Waals surface area contributed by atoms with Crippen molar-refractivity contribution in [1.29, 1.82) is 0 Å². The fraction of sp³-hybridized carbons (Fsp3) is 0.350. The van der Waals surface area contributed by atoms with Crippen molar-refractivity contribution in [1.82, 2.24) is 4.90 Å². The molecular formula is C20H22ClNO3. The van der Waals surface area contributed by atoms with Crippen molar-refractivity contribution in [3.05, 3.63) is 58.6 Å². The number of carbonyl (C=O) groups is 1. The van der Waals surface area contributed by atoms with E-state index in [0.29, 0.717) is 29.5 Å². The van der Waals surface area contributed by atoms with Crippen LogP contribution in [0.3, 0.4) is 0 Å². The summed E-state index contributed by atoms with van der Waals surface area (Å²) in [5, 5.41) is 0.625. The van der Waals surface area contributed by atoms with Crippen LogP contribution >= 0.6 is 11.6 Å². The Morgan fingerprint density at radius 1 is 1.12 bits per heavy atom. The molecule has 0 unspecified atom stereocenters. The Bertz CT molecular complexity index is 741. The Balaban J connectivity index is 1.79. The van der Waals surface area contributed by atoms with Crippen LogP contribution in [0, 0.1) is 0 Å². The first-order valence-electron chi connectivity index (χ1n) is 8.60. The van der Waals surface area contributed by atoms with Gasteiger partial charge in [-0.25, -0.2) is 0 Å². The zero-order chi connectivity index (χ0) is 17.6. The van der Waals surface area contributed by atoms with E-state index in [-0.39, 0.29) is 5.91 Å². The van der Waals surface area contributed by atoms with Crippen LogP contribution in [-0.4, -0.2) is 30.5 Å². The summed E-state index contributed by atoms with van der Waals surface area (Å²) in [7, 11) is 0. The molecule has 0 radical (unpaired) electrons. The lowest BCUT2D eigenvalue weighted by Crippen LogP contribution is -2.27. The highest BCUT2D eigenvalue weighted by Gasteiger charge is 2.20. The predicted octanol–water partition coefficient (Wildman–Crippen LogP) is 4.55. The Labute approximate surface area is 153 Å². The molecule has 0 aliphatic carbocycles. The fourth-order valence-electron chi connectivity index (χ4n) is 2.94. The van der Waals surface area contributed by atoms with E-state index < -0.39 is 0 Å². The molecule has 0 bridgehead atoms. The number of likely N-dealkylation sites (tertiary alicyclic amines) is 1. The fourth-order valence-corrected chi connectivity index (χ4v) is 3.12. The lowest BCUT2D eigenvalue weighted by Gasteiger charge is -2.17. The van der Waals surface area contributed by atoms with E-state index in [4.69, 9.17) is 21.1 Å². The van der Waals surface area contributed by atoms with Crippen LogP contribution in [0.1, 0.15) is 35.7 Å². The van der Waals surface area contributed by atoms with E-state index in [2.05, 4.69) is 0 Å². The van der Waals surface area contributed by atoms with E-state index in [1.165, 1.54) is 0 Å². The first-order valence-corrected chi connectivity index (χ1v) is 8.98. The van der Waals surface area contributed by atoms with Gasteiger partial charge in [0.15, 0.2) is 0 Å². The van der Waals surface area contributed by atoms with Gasteiger partial charge in [0.1, 0.15) is 18.1 Å². The molecule has 1 aliphatic rings.